The van der Waals surface area contributed by atoms with E-state index in [1.54, 1.807) is 0 Å². The van der Waals surface area contributed by atoms with Crippen LogP contribution in [0.3, 0.4) is 0 Å². The van der Waals surface area contributed by atoms with Crippen molar-refractivity contribution in [1.29, 1.82) is 0 Å². The average Bonchev–Trinajstić information content (AvgIpc) is 3.11. The largest absolute Gasteiger partial charge is 0.380 e. The summed E-state index contributed by atoms with van der Waals surface area (Å²) in [6.07, 6.45) is 5.28. The van der Waals surface area contributed by atoms with Crippen LogP contribution in [0.1, 0.15) is 31.1 Å². The quantitative estimate of drug-likeness (QED) is 0.781. The van der Waals surface area contributed by atoms with E-state index in [2.05, 4.69) is 40.3 Å². The van der Waals surface area contributed by atoms with Crippen molar-refractivity contribution in [2.75, 3.05) is 13.7 Å². The molecule has 0 aromatic carbocycles. The summed E-state index contributed by atoms with van der Waals surface area (Å²) in [7, 11) is 1.86. The van der Waals surface area contributed by atoms with Crippen LogP contribution in [-0.4, -0.2) is 25.8 Å². The molecule has 0 aliphatic heterocycles. The molecule has 1 fully saturated rings. The predicted molar refractivity (Wildman–Crippen MR) is 81.3 cm³/mol. The molecule has 1 heterocycles. The molecule has 1 aromatic heterocycles. The number of hydrogen-bond donors (Lipinski definition) is 1. The van der Waals surface area contributed by atoms with Crippen molar-refractivity contribution in [2.24, 2.45) is 5.92 Å². The first-order valence-corrected chi connectivity index (χ1v) is 8.36. The Bertz CT molecular complexity index is 364. The van der Waals surface area contributed by atoms with Crippen LogP contribution in [0.5, 0.6) is 0 Å². The van der Waals surface area contributed by atoms with Gasteiger partial charge in [0, 0.05) is 18.0 Å². The highest BCUT2D eigenvalue weighted by Crippen LogP contribution is 2.36. The second kappa shape index (κ2) is 7.04. The Labute approximate surface area is 122 Å². The van der Waals surface area contributed by atoms with Crippen LogP contribution < -0.4 is 5.32 Å². The molecule has 1 aliphatic carbocycles. The molecular weight excluding hydrogens is 310 g/mol. The van der Waals surface area contributed by atoms with Crippen molar-refractivity contribution in [3.63, 3.8) is 0 Å². The molecule has 0 amide bonds. The van der Waals surface area contributed by atoms with Gasteiger partial charge in [0.05, 0.1) is 9.89 Å². The van der Waals surface area contributed by atoms with E-state index in [-0.39, 0.29) is 0 Å². The van der Waals surface area contributed by atoms with E-state index in [9.17, 15) is 0 Å². The van der Waals surface area contributed by atoms with Gasteiger partial charge in [-0.15, -0.1) is 11.3 Å². The minimum Gasteiger partial charge on any atom is -0.380 e. The van der Waals surface area contributed by atoms with E-state index < -0.39 is 0 Å². The van der Waals surface area contributed by atoms with Crippen molar-refractivity contribution < 1.29 is 4.74 Å². The van der Waals surface area contributed by atoms with E-state index in [0.717, 1.165) is 18.9 Å². The monoisotopic (exact) mass is 331 g/mol. The SMILES string of the molecule is CCCNC(Cc1ccc(Br)s1)C(OC)C1CC1. The molecule has 2 nitrogen and oxygen atoms in total. The van der Waals surface area contributed by atoms with Crippen molar-refractivity contribution in [3.8, 4) is 0 Å². The molecule has 18 heavy (non-hydrogen) atoms. The van der Waals surface area contributed by atoms with E-state index in [4.69, 9.17) is 4.74 Å². The topological polar surface area (TPSA) is 21.3 Å². The zero-order chi connectivity index (χ0) is 13.0. The van der Waals surface area contributed by atoms with Crippen LogP contribution in [0.25, 0.3) is 0 Å². The first-order valence-electron chi connectivity index (χ1n) is 6.75. The van der Waals surface area contributed by atoms with E-state index in [0.29, 0.717) is 12.1 Å². The lowest BCUT2D eigenvalue weighted by atomic mass is 10.0. The van der Waals surface area contributed by atoms with E-state index >= 15 is 0 Å². The fourth-order valence-electron chi connectivity index (χ4n) is 2.42. The van der Waals surface area contributed by atoms with Gasteiger partial charge < -0.3 is 10.1 Å². The Morgan fingerprint density at radius 1 is 1.50 bits per heavy atom. The maximum Gasteiger partial charge on any atom is 0.0755 e. The summed E-state index contributed by atoms with van der Waals surface area (Å²) < 4.78 is 6.96. The van der Waals surface area contributed by atoms with Gasteiger partial charge in [0.25, 0.3) is 0 Å². The van der Waals surface area contributed by atoms with Gasteiger partial charge in [-0.05, 0) is 66.2 Å². The summed E-state index contributed by atoms with van der Waals surface area (Å²) in [5.74, 6) is 0.771. The van der Waals surface area contributed by atoms with Crippen LogP contribution in [0.2, 0.25) is 0 Å². The van der Waals surface area contributed by atoms with Crippen molar-refractivity contribution >= 4 is 27.3 Å². The lowest BCUT2D eigenvalue weighted by Gasteiger charge is -2.27. The zero-order valence-electron chi connectivity index (χ0n) is 11.1. The van der Waals surface area contributed by atoms with Gasteiger partial charge in [0.2, 0.25) is 0 Å². The Kier molecular flexibility index (Phi) is 5.67. The predicted octanol–water partition coefficient (Wildman–Crippen LogP) is 3.85. The highest BCUT2D eigenvalue weighted by Gasteiger charge is 2.36. The molecule has 1 aliphatic rings. The van der Waals surface area contributed by atoms with Crippen LogP contribution in [-0.2, 0) is 11.2 Å². The van der Waals surface area contributed by atoms with Gasteiger partial charge in [-0.2, -0.15) is 0 Å². The number of halogens is 1. The number of hydrogen-bond acceptors (Lipinski definition) is 3. The molecule has 0 spiro atoms. The molecule has 0 radical (unpaired) electrons. The molecule has 0 bridgehead atoms. The van der Waals surface area contributed by atoms with Gasteiger partial charge in [0.15, 0.2) is 0 Å². The van der Waals surface area contributed by atoms with E-state index in [1.807, 2.05) is 18.4 Å². The van der Waals surface area contributed by atoms with Crippen molar-refractivity contribution in [3.05, 3.63) is 20.8 Å². The number of rotatable bonds is 8. The molecule has 2 unspecified atom stereocenters. The fraction of sp³-hybridized carbons (Fsp3) is 0.714. The molecule has 2 atom stereocenters. The van der Waals surface area contributed by atoms with Crippen LogP contribution in [0.4, 0.5) is 0 Å². The van der Waals surface area contributed by atoms with Gasteiger partial charge >= 0.3 is 0 Å². The van der Waals surface area contributed by atoms with Gasteiger partial charge in [-0.3, -0.25) is 0 Å². The molecule has 1 aromatic rings. The first-order chi connectivity index (χ1) is 8.74. The standard InChI is InChI=1S/C14H22BrNOS/c1-3-8-16-12(14(17-2)10-4-5-10)9-11-6-7-13(15)18-11/h6-7,10,12,14,16H,3-5,8-9H2,1-2H3. The minimum atomic E-state index is 0.373. The molecule has 4 heteroatoms. The van der Waals surface area contributed by atoms with Gasteiger partial charge in [0.1, 0.15) is 0 Å². The number of nitrogens with one attached hydrogen (secondary N) is 1. The highest BCUT2D eigenvalue weighted by molar-refractivity contribution is 9.11. The Morgan fingerprint density at radius 3 is 2.78 bits per heavy atom. The molecule has 0 saturated heterocycles. The van der Waals surface area contributed by atoms with Crippen molar-refractivity contribution in [1.82, 2.24) is 5.32 Å². The maximum atomic E-state index is 5.74. The van der Waals surface area contributed by atoms with Crippen molar-refractivity contribution in [2.45, 2.75) is 44.8 Å². The van der Waals surface area contributed by atoms with Crippen LogP contribution >= 0.6 is 27.3 Å². The summed E-state index contributed by atoms with van der Waals surface area (Å²) in [6.45, 7) is 3.29. The Morgan fingerprint density at radius 2 is 2.28 bits per heavy atom. The molecule has 1 saturated carbocycles. The number of ether oxygens (including phenoxy) is 1. The minimum absolute atomic E-state index is 0.373. The third-order valence-corrected chi connectivity index (χ3v) is 5.11. The third kappa shape index (κ3) is 4.05. The Hall–Kier alpha value is 0.1000. The van der Waals surface area contributed by atoms with Crippen LogP contribution in [0.15, 0.2) is 15.9 Å². The molecule has 1 N–H and O–H groups in total. The summed E-state index contributed by atoms with van der Waals surface area (Å²) >= 11 is 5.37. The lowest BCUT2D eigenvalue weighted by Crippen LogP contribution is -2.44. The fourth-order valence-corrected chi connectivity index (χ4v) is 3.96. The smallest absolute Gasteiger partial charge is 0.0755 e. The highest BCUT2D eigenvalue weighted by atomic mass is 79.9. The summed E-state index contributed by atoms with van der Waals surface area (Å²) in [4.78, 5) is 1.43. The first kappa shape index (κ1) is 14.5. The number of methoxy groups -OCH3 is 1. The summed E-state index contributed by atoms with van der Waals surface area (Å²) in [5, 5.41) is 3.67. The lowest BCUT2D eigenvalue weighted by molar-refractivity contribution is 0.0513. The maximum absolute atomic E-state index is 5.74. The second-order valence-corrected chi connectivity index (χ2v) is 7.56. The van der Waals surface area contributed by atoms with Gasteiger partial charge in [-0.1, -0.05) is 6.92 Å². The van der Waals surface area contributed by atoms with Crippen LogP contribution in [0, 0.1) is 5.92 Å². The molecular formula is C14H22BrNOS. The zero-order valence-corrected chi connectivity index (χ0v) is 13.5. The molecule has 102 valence electrons. The average molecular weight is 332 g/mol. The summed E-state index contributed by atoms with van der Waals surface area (Å²) in [5.41, 5.74) is 0. The van der Waals surface area contributed by atoms with E-state index in [1.165, 1.54) is 27.9 Å². The Balaban J connectivity index is 1.98. The second-order valence-electron chi connectivity index (χ2n) is 5.01. The normalized spacial score (nSPS) is 18.8. The number of thiophene rings is 1. The van der Waals surface area contributed by atoms with Gasteiger partial charge in [-0.25, -0.2) is 0 Å². The molecule has 2 rings (SSSR count). The summed E-state index contributed by atoms with van der Waals surface area (Å²) in [6, 6.07) is 4.80. The third-order valence-electron chi connectivity index (χ3n) is 3.46.